The summed E-state index contributed by atoms with van der Waals surface area (Å²) in [7, 11) is 3.36. The summed E-state index contributed by atoms with van der Waals surface area (Å²) in [5.41, 5.74) is 5.35. The fraction of sp³-hybridized carbons (Fsp3) is 0.400. The van der Waals surface area contributed by atoms with Crippen molar-refractivity contribution in [2.45, 2.75) is 25.0 Å². The van der Waals surface area contributed by atoms with E-state index in [-0.39, 0.29) is 4.65 Å². The minimum Gasteiger partial charge on any atom is -0.633 e. The van der Waals surface area contributed by atoms with Gasteiger partial charge in [0.05, 0.1) is 69.5 Å². The van der Waals surface area contributed by atoms with Crippen LogP contribution in [0.4, 0.5) is 11.5 Å². The van der Waals surface area contributed by atoms with Gasteiger partial charge in [0.25, 0.3) is 0 Å². The number of fused-ring (bicyclic) bond motifs is 3. The molecule has 0 aromatic carbocycles. The largest absolute Gasteiger partial charge is 0.633 e. The summed E-state index contributed by atoms with van der Waals surface area (Å²) in [5, 5.41) is 26.6. The van der Waals surface area contributed by atoms with Gasteiger partial charge in [0.2, 0.25) is 5.88 Å². The number of rotatable bonds is 6. The summed E-state index contributed by atoms with van der Waals surface area (Å²) in [6, 6.07) is 13.6. The molecule has 11 nitrogen and oxygen atoms in total. The SMILES string of the molecule is COc1ccc(CN2C3CC2CN(c2ccc(-c4cc(N5CC[N+](C)([O-])CC5)cn5ncc(C#N)c45)cn2)C3)cn1. The second kappa shape index (κ2) is 9.99. The molecular formula is C30H33N9O2. The Bertz CT molecular complexity index is 1590. The lowest BCUT2D eigenvalue weighted by atomic mass is 9.87. The predicted octanol–water partition coefficient (Wildman–Crippen LogP) is 2.90. The van der Waals surface area contributed by atoms with Gasteiger partial charge in [0.15, 0.2) is 0 Å². The number of hydrogen-bond acceptors (Lipinski definition) is 9. The molecule has 0 N–H and O–H groups in total. The van der Waals surface area contributed by atoms with Gasteiger partial charge in [0.1, 0.15) is 11.9 Å². The molecule has 2 atom stereocenters. The van der Waals surface area contributed by atoms with E-state index in [0.717, 1.165) is 47.8 Å². The lowest BCUT2D eigenvalue weighted by Crippen LogP contribution is -2.68. The molecule has 4 saturated heterocycles. The maximum absolute atomic E-state index is 12.4. The van der Waals surface area contributed by atoms with Gasteiger partial charge in [-0.15, -0.1) is 0 Å². The zero-order valence-corrected chi connectivity index (χ0v) is 23.3. The smallest absolute Gasteiger partial charge is 0.212 e. The van der Waals surface area contributed by atoms with Crippen LogP contribution >= 0.6 is 0 Å². The van der Waals surface area contributed by atoms with Crippen LogP contribution in [0.5, 0.6) is 5.88 Å². The normalized spacial score (nSPS) is 21.9. The Labute approximate surface area is 239 Å². The maximum atomic E-state index is 12.4. The number of piperazine rings is 2. The van der Waals surface area contributed by atoms with Crippen molar-refractivity contribution >= 4 is 17.0 Å². The first-order valence-corrected chi connectivity index (χ1v) is 14.1. The Morgan fingerprint density at radius 2 is 1.85 bits per heavy atom. The standard InChI is InChI=1S/C30H33N9O2/c1-39(40)9-7-35(8-10-39)24-12-27(30-23(13-31)16-34-38(30)20-24)22-4-5-28(32-15-22)36-18-25-11-26(19-36)37(25)17-21-3-6-29(41-2)33-14-21/h3-6,12,14-16,20,25-26H,7-11,17-19H2,1-2H3. The van der Waals surface area contributed by atoms with E-state index in [0.29, 0.717) is 49.7 Å². The molecule has 4 aliphatic heterocycles. The van der Waals surface area contributed by atoms with Crippen molar-refractivity contribution in [2.24, 2.45) is 0 Å². The van der Waals surface area contributed by atoms with Crippen molar-refractivity contribution in [1.29, 1.82) is 5.26 Å². The van der Waals surface area contributed by atoms with E-state index in [9.17, 15) is 10.5 Å². The first-order chi connectivity index (χ1) is 19.9. The molecule has 8 heterocycles. The summed E-state index contributed by atoms with van der Waals surface area (Å²) < 4.78 is 6.75. The van der Waals surface area contributed by atoms with Crippen molar-refractivity contribution < 1.29 is 9.38 Å². The third-order valence-corrected chi connectivity index (χ3v) is 8.87. The van der Waals surface area contributed by atoms with Crippen LogP contribution in [0.25, 0.3) is 16.6 Å². The molecule has 4 aliphatic rings. The van der Waals surface area contributed by atoms with Gasteiger partial charge < -0.3 is 24.4 Å². The topological polar surface area (TPSA) is 109 Å². The van der Waals surface area contributed by atoms with Crippen LogP contribution in [0.3, 0.4) is 0 Å². The van der Waals surface area contributed by atoms with Crippen LogP contribution < -0.4 is 14.5 Å². The van der Waals surface area contributed by atoms with E-state index >= 15 is 0 Å². The minimum atomic E-state index is -0.216. The maximum Gasteiger partial charge on any atom is 0.212 e. The van der Waals surface area contributed by atoms with Gasteiger partial charge in [0, 0.05) is 61.3 Å². The van der Waals surface area contributed by atoms with Crippen LogP contribution in [0, 0.1) is 16.5 Å². The molecular weight excluding hydrogens is 518 g/mol. The van der Waals surface area contributed by atoms with E-state index in [2.05, 4.69) is 55.1 Å². The van der Waals surface area contributed by atoms with Crippen LogP contribution in [0.15, 0.2) is 55.1 Å². The first-order valence-electron chi connectivity index (χ1n) is 14.1. The number of nitriles is 1. The predicted molar refractivity (Wildman–Crippen MR) is 155 cm³/mol. The summed E-state index contributed by atoms with van der Waals surface area (Å²) in [5.74, 6) is 1.61. The van der Waals surface area contributed by atoms with Crippen molar-refractivity contribution in [3.63, 3.8) is 0 Å². The van der Waals surface area contributed by atoms with E-state index < -0.39 is 0 Å². The average Bonchev–Trinajstić information content (AvgIpc) is 3.43. The Hall–Kier alpha value is -4.24. The second-order valence-corrected chi connectivity index (χ2v) is 11.5. The number of ether oxygens (including phenoxy) is 1. The van der Waals surface area contributed by atoms with Crippen molar-refractivity contribution in [1.82, 2.24) is 24.5 Å². The average molecular weight is 552 g/mol. The number of pyridine rings is 3. The number of quaternary nitrogens is 1. The molecule has 2 unspecified atom stereocenters. The summed E-state index contributed by atoms with van der Waals surface area (Å²) in [6.45, 7) is 5.22. The number of hydroxylamine groups is 3. The Morgan fingerprint density at radius 1 is 1.05 bits per heavy atom. The van der Waals surface area contributed by atoms with Gasteiger partial charge in [-0.1, -0.05) is 6.07 Å². The Kier molecular flexibility index (Phi) is 6.27. The van der Waals surface area contributed by atoms with Crippen molar-refractivity contribution in [3.8, 4) is 23.1 Å². The molecule has 2 bridgehead atoms. The van der Waals surface area contributed by atoms with Gasteiger partial charge in [-0.2, -0.15) is 10.4 Å². The van der Waals surface area contributed by atoms with Crippen LogP contribution in [-0.2, 0) is 6.54 Å². The highest BCUT2D eigenvalue weighted by Gasteiger charge is 2.44. The summed E-state index contributed by atoms with van der Waals surface area (Å²) >= 11 is 0. The highest BCUT2D eigenvalue weighted by molar-refractivity contribution is 5.86. The zero-order valence-electron chi connectivity index (χ0n) is 23.3. The molecule has 8 rings (SSSR count). The number of piperidine rings is 1. The molecule has 4 aromatic rings. The van der Waals surface area contributed by atoms with Crippen molar-refractivity contribution in [3.05, 3.63) is 71.5 Å². The summed E-state index contributed by atoms with van der Waals surface area (Å²) in [6.07, 6.45) is 8.59. The fourth-order valence-electron chi connectivity index (χ4n) is 6.43. The summed E-state index contributed by atoms with van der Waals surface area (Å²) in [4.78, 5) is 16.4. The van der Waals surface area contributed by atoms with Crippen LogP contribution in [0.2, 0.25) is 0 Å². The van der Waals surface area contributed by atoms with Gasteiger partial charge in [-0.3, -0.25) is 4.90 Å². The molecule has 0 radical (unpaired) electrons. The number of likely N-dealkylation sites (N-methyl/N-ethyl adjacent to an activating group) is 1. The molecule has 0 saturated carbocycles. The number of nitrogens with zero attached hydrogens (tertiary/aromatic N) is 9. The monoisotopic (exact) mass is 551 g/mol. The van der Waals surface area contributed by atoms with E-state index in [1.807, 2.05) is 24.7 Å². The molecule has 0 aliphatic carbocycles. The van der Waals surface area contributed by atoms with E-state index in [1.165, 1.54) is 12.0 Å². The highest BCUT2D eigenvalue weighted by Crippen LogP contribution is 2.37. The molecule has 11 heteroatoms. The highest BCUT2D eigenvalue weighted by atomic mass is 16.5. The second-order valence-electron chi connectivity index (χ2n) is 11.5. The third kappa shape index (κ3) is 4.74. The minimum absolute atomic E-state index is 0.216. The number of methoxy groups -OCH3 is 1. The Morgan fingerprint density at radius 3 is 2.51 bits per heavy atom. The molecule has 4 aromatic heterocycles. The zero-order chi connectivity index (χ0) is 28.1. The quantitative estimate of drug-likeness (QED) is 0.264. The molecule has 0 amide bonds. The lowest BCUT2D eigenvalue weighted by molar-refractivity contribution is -0.861. The van der Waals surface area contributed by atoms with Crippen molar-refractivity contribution in [2.75, 3.05) is 63.2 Å². The van der Waals surface area contributed by atoms with Crippen LogP contribution in [-0.4, -0.2) is 94.6 Å². The van der Waals surface area contributed by atoms with Gasteiger partial charge in [-0.05, 0) is 30.2 Å². The number of anilines is 2. The van der Waals surface area contributed by atoms with Gasteiger partial charge in [-0.25, -0.2) is 14.5 Å². The third-order valence-electron chi connectivity index (χ3n) is 8.87. The van der Waals surface area contributed by atoms with E-state index in [4.69, 9.17) is 9.72 Å². The van der Waals surface area contributed by atoms with Gasteiger partial charge >= 0.3 is 0 Å². The molecule has 0 spiro atoms. The first kappa shape index (κ1) is 25.7. The fourth-order valence-corrected chi connectivity index (χ4v) is 6.43. The molecule has 41 heavy (non-hydrogen) atoms. The van der Waals surface area contributed by atoms with Crippen LogP contribution in [0.1, 0.15) is 17.5 Å². The number of aromatic nitrogens is 4. The Balaban J connectivity index is 1.10. The van der Waals surface area contributed by atoms with E-state index in [1.54, 1.807) is 24.9 Å². The lowest BCUT2D eigenvalue weighted by Gasteiger charge is -2.56. The number of hydrogen-bond donors (Lipinski definition) is 0. The molecule has 4 fully saturated rings. The molecule has 210 valence electrons.